The number of hydrogen-bond donors (Lipinski definition) is 1. The highest BCUT2D eigenvalue weighted by Gasteiger charge is 1.98. The molecule has 0 heterocycles. The third-order valence-corrected chi connectivity index (χ3v) is 5.20. The summed E-state index contributed by atoms with van der Waals surface area (Å²) in [7, 11) is -0.171. The molecule has 0 unspecified atom stereocenters. The van der Waals surface area contributed by atoms with Gasteiger partial charge in [-0.05, 0) is 0 Å². The van der Waals surface area contributed by atoms with E-state index >= 15 is 0 Å². The van der Waals surface area contributed by atoms with E-state index < -0.39 is 0 Å². The summed E-state index contributed by atoms with van der Waals surface area (Å²) in [6.45, 7) is 6.97. The van der Waals surface area contributed by atoms with E-state index in [0.717, 1.165) is 6.08 Å². The van der Waals surface area contributed by atoms with Crippen LogP contribution in [-0.4, -0.2) is 14.9 Å². The number of rotatable bonds is 3. The molecule has 2 nitrogen and oxygen atoms in total. The van der Waals surface area contributed by atoms with E-state index in [-0.39, 0.29) is 8.80 Å². The van der Waals surface area contributed by atoms with Crippen LogP contribution in [0.1, 0.15) is 20.8 Å². The fourth-order valence-corrected chi connectivity index (χ4v) is 2.60. The van der Waals surface area contributed by atoms with Crippen LogP contribution in [0.3, 0.4) is 0 Å². The normalized spacial score (nSPS) is 8.00. The molecule has 0 aromatic carbocycles. The second kappa shape index (κ2) is 11.4. The van der Waals surface area contributed by atoms with Crippen molar-refractivity contribution in [3.8, 4) is 0 Å². The lowest BCUT2D eigenvalue weighted by atomic mass is 10.9. The minimum Gasteiger partial charge on any atom is -0.222 e. The molecule has 3 heteroatoms. The molecule has 0 amide bonds. The van der Waals surface area contributed by atoms with E-state index in [1.165, 1.54) is 18.1 Å². The molecule has 0 saturated heterocycles. The molecule has 0 aliphatic heterocycles. The van der Waals surface area contributed by atoms with Crippen molar-refractivity contribution in [2.24, 2.45) is 0 Å². The fraction of sp³-hybridized carbons (Fsp3) is 0.857. The molecule has 0 aromatic rings. The molecule has 0 atom stereocenters. The highest BCUT2D eigenvalue weighted by molar-refractivity contribution is 6.58. The first kappa shape index (κ1) is 12.3. The zero-order valence-corrected chi connectivity index (χ0v) is 8.26. The summed E-state index contributed by atoms with van der Waals surface area (Å²) in [4.78, 5) is 8.35. The smallest absolute Gasteiger partial charge is 0.222 e. The van der Waals surface area contributed by atoms with E-state index in [2.05, 4.69) is 20.8 Å². The average molecular weight is 159 g/mol. The van der Waals surface area contributed by atoms with Gasteiger partial charge in [0.2, 0.25) is 6.08 Å². The van der Waals surface area contributed by atoms with Crippen LogP contribution in [0.4, 0.5) is 0 Å². The van der Waals surface area contributed by atoms with Crippen molar-refractivity contribution < 1.29 is 4.79 Å². The van der Waals surface area contributed by atoms with Gasteiger partial charge in [-0.25, -0.2) is 10.2 Å². The molecule has 0 aliphatic rings. The Morgan fingerprint density at radius 3 is 1.40 bits per heavy atom. The lowest BCUT2D eigenvalue weighted by Crippen LogP contribution is -2.04. The summed E-state index contributed by atoms with van der Waals surface area (Å²) in [6, 6.07) is 4.48. The highest BCUT2D eigenvalue weighted by atomic mass is 28.3. The van der Waals surface area contributed by atoms with Crippen molar-refractivity contribution >= 4 is 14.9 Å². The van der Waals surface area contributed by atoms with Crippen LogP contribution in [0.25, 0.3) is 0 Å². The van der Waals surface area contributed by atoms with Gasteiger partial charge in [-0.1, -0.05) is 38.9 Å². The minimum atomic E-state index is -0.171. The molecule has 10 heavy (non-hydrogen) atoms. The monoisotopic (exact) mass is 159 g/mol. The van der Waals surface area contributed by atoms with Crippen molar-refractivity contribution in [1.29, 1.82) is 5.41 Å². The summed E-state index contributed by atoms with van der Waals surface area (Å²) in [5.74, 6) is 0. The van der Waals surface area contributed by atoms with E-state index in [1.54, 1.807) is 0 Å². The van der Waals surface area contributed by atoms with Crippen molar-refractivity contribution in [1.82, 2.24) is 0 Å². The van der Waals surface area contributed by atoms with Gasteiger partial charge >= 0.3 is 0 Å². The first-order valence-corrected chi connectivity index (χ1v) is 6.25. The maximum Gasteiger partial charge on any atom is 0.231 e. The lowest BCUT2D eigenvalue weighted by Gasteiger charge is -2.03. The van der Waals surface area contributed by atoms with Crippen LogP contribution in [0.15, 0.2) is 0 Å². The fourth-order valence-electron chi connectivity index (χ4n) is 0.866. The molecule has 1 N–H and O–H groups in total. The minimum absolute atomic E-state index is 0.171. The Morgan fingerprint density at radius 2 is 1.40 bits per heavy atom. The van der Waals surface area contributed by atoms with Gasteiger partial charge in [0.25, 0.3) is 0 Å². The summed E-state index contributed by atoms with van der Waals surface area (Å²) in [5.41, 5.74) is 0. The Labute approximate surface area is 64.8 Å². The van der Waals surface area contributed by atoms with Gasteiger partial charge in [0.1, 0.15) is 0 Å². The maximum atomic E-state index is 8.35. The van der Waals surface area contributed by atoms with Gasteiger partial charge < -0.3 is 0 Å². The molecule has 0 radical (unpaired) electrons. The van der Waals surface area contributed by atoms with Gasteiger partial charge in [0, 0.05) is 8.80 Å². The number of nitrogens with one attached hydrogen (secondary N) is 1. The molecule has 0 aliphatic carbocycles. The van der Waals surface area contributed by atoms with Crippen LogP contribution < -0.4 is 0 Å². The van der Waals surface area contributed by atoms with Crippen LogP contribution in [0.2, 0.25) is 18.1 Å². The first-order valence-electron chi connectivity index (χ1n) is 3.80. The van der Waals surface area contributed by atoms with E-state index in [9.17, 15) is 0 Å². The first-order chi connectivity index (χ1) is 4.76. The Kier molecular flexibility index (Phi) is 14.0. The Hall–Kier alpha value is -0.403. The summed E-state index contributed by atoms with van der Waals surface area (Å²) < 4.78 is 0. The van der Waals surface area contributed by atoms with Crippen LogP contribution >= 0.6 is 0 Å². The SMILES string of the molecule is CC[SiH](CC)CC.N=C=O. The maximum absolute atomic E-state index is 8.35. The number of isocyanates is 1. The predicted octanol–water partition coefficient (Wildman–Crippen LogP) is 2.17. The van der Waals surface area contributed by atoms with E-state index in [4.69, 9.17) is 10.2 Å². The molecule has 60 valence electrons. The standard InChI is InChI=1S/C6H16Si.CHNO/c1-4-7(5-2)6-3;2-1-3/h7H,4-6H2,1-3H3;2H. The van der Waals surface area contributed by atoms with Gasteiger partial charge in [0.15, 0.2) is 0 Å². The lowest BCUT2D eigenvalue weighted by molar-refractivity contribution is 0.563. The van der Waals surface area contributed by atoms with Crippen LogP contribution in [-0.2, 0) is 4.79 Å². The van der Waals surface area contributed by atoms with Gasteiger partial charge in [-0.2, -0.15) is 0 Å². The number of hydrogen-bond acceptors (Lipinski definition) is 2. The van der Waals surface area contributed by atoms with Gasteiger partial charge in [0.05, 0.1) is 0 Å². The third-order valence-electron chi connectivity index (χ3n) is 1.73. The molecule has 0 aromatic heterocycles. The Balaban J connectivity index is 0. The zero-order valence-electron chi connectivity index (χ0n) is 7.11. The number of carbonyl (C=O) groups excluding carboxylic acids is 1. The predicted molar refractivity (Wildman–Crippen MR) is 47.0 cm³/mol. The van der Waals surface area contributed by atoms with Crippen molar-refractivity contribution in [3.63, 3.8) is 0 Å². The third kappa shape index (κ3) is 10.6. The van der Waals surface area contributed by atoms with Crippen LogP contribution in [0, 0.1) is 5.41 Å². The van der Waals surface area contributed by atoms with Gasteiger partial charge in [-0.15, -0.1) is 0 Å². The molecule has 0 bridgehead atoms. The molecule has 0 rings (SSSR count). The van der Waals surface area contributed by atoms with Crippen LogP contribution in [0.5, 0.6) is 0 Å². The molecule has 0 spiro atoms. The average Bonchev–Trinajstić information content (AvgIpc) is 1.93. The highest BCUT2D eigenvalue weighted by Crippen LogP contribution is 2.01. The molecule has 0 saturated carbocycles. The van der Waals surface area contributed by atoms with Crippen molar-refractivity contribution in [3.05, 3.63) is 0 Å². The molecular weight excluding hydrogens is 142 g/mol. The summed E-state index contributed by atoms with van der Waals surface area (Å²) >= 11 is 0. The second-order valence-electron chi connectivity index (χ2n) is 2.19. The van der Waals surface area contributed by atoms with Crippen molar-refractivity contribution in [2.45, 2.75) is 38.9 Å². The quantitative estimate of drug-likeness (QED) is 0.383. The summed E-state index contributed by atoms with van der Waals surface area (Å²) in [6.07, 6.45) is 0.750. The Bertz CT molecular complexity index is 80.1. The largest absolute Gasteiger partial charge is 0.231 e. The van der Waals surface area contributed by atoms with Gasteiger partial charge in [-0.3, -0.25) is 0 Å². The zero-order chi connectivity index (χ0) is 8.41. The second-order valence-corrected chi connectivity index (χ2v) is 6.37. The van der Waals surface area contributed by atoms with Crippen molar-refractivity contribution in [2.75, 3.05) is 0 Å². The van der Waals surface area contributed by atoms with E-state index in [1.807, 2.05) is 0 Å². The van der Waals surface area contributed by atoms with E-state index in [0.29, 0.717) is 0 Å². The molecular formula is C7H17NOSi. The molecule has 0 fully saturated rings. The Morgan fingerprint density at radius 1 is 1.20 bits per heavy atom. The topological polar surface area (TPSA) is 40.9 Å². The summed E-state index contributed by atoms with van der Waals surface area (Å²) in [5, 5.41) is 5.40.